The van der Waals surface area contributed by atoms with Gasteiger partial charge in [0.25, 0.3) is 0 Å². The molecule has 1 fully saturated rings. The number of nitrogens with zero attached hydrogens (tertiary/aromatic N) is 3. The third-order valence-electron chi connectivity index (χ3n) is 3.51. The SMILES string of the molecule is CCCn1c(CCl)nnc1C1CCC(F)(F)CC1. The van der Waals surface area contributed by atoms with Crippen molar-refractivity contribution < 1.29 is 8.78 Å². The Morgan fingerprint density at radius 1 is 1.33 bits per heavy atom. The van der Waals surface area contributed by atoms with Gasteiger partial charge in [-0.15, -0.1) is 21.8 Å². The molecular weight excluding hydrogens is 260 g/mol. The highest BCUT2D eigenvalue weighted by molar-refractivity contribution is 6.16. The molecule has 0 bridgehead atoms. The van der Waals surface area contributed by atoms with Gasteiger partial charge in [0.15, 0.2) is 0 Å². The molecule has 102 valence electrons. The minimum absolute atomic E-state index is 0.0488. The zero-order valence-electron chi connectivity index (χ0n) is 10.5. The van der Waals surface area contributed by atoms with Gasteiger partial charge in [-0.3, -0.25) is 0 Å². The summed E-state index contributed by atoms with van der Waals surface area (Å²) in [6.07, 6.45) is 1.83. The summed E-state index contributed by atoms with van der Waals surface area (Å²) in [5.41, 5.74) is 0. The molecule has 0 atom stereocenters. The van der Waals surface area contributed by atoms with Crippen LogP contribution in [0.2, 0.25) is 0 Å². The van der Waals surface area contributed by atoms with Gasteiger partial charge in [0.2, 0.25) is 5.92 Å². The lowest BCUT2D eigenvalue weighted by Gasteiger charge is -2.27. The molecule has 0 radical (unpaired) electrons. The Hall–Kier alpha value is -0.710. The van der Waals surface area contributed by atoms with Gasteiger partial charge < -0.3 is 4.57 Å². The summed E-state index contributed by atoms with van der Waals surface area (Å²) in [7, 11) is 0. The van der Waals surface area contributed by atoms with E-state index in [1.54, 1.807) is 0 Å². The minimum atomic E-state index is -2.50. The number of rotatable bonds is 4. The van der Waals surface area contributed by atoms with E-state index in [0.717, 1.165) is 24.6 Å². The number of aromatic nitrogens is 3. The lowest BCUT2D eigenvalue weighted by Crippen LogP contribution is -2.25. The van der Waals surface area contributed by atoms with Gasteiger partial charge >= 0.3 is 0 Å². The van der Waals surface area contributed by atoms with Gasteiger partial charge in [-0.2, -0.15) is 0 Å². The quantitative estimate of drug-likeness (QED) is 0.785. The molecule has 0 spiro atoms. The summed E-state index contributed by atoms with van der Waals surface area (Å²) < 4.78 is 28.3. The molecule has 6 heteroatoms. The fourth-order valence-electron chi connectivity index (χ4n) is 2.52. The minimum Gasteiger partial charge on any atom is -0.314 e. The molecule has 1 aliphatic carbocycles. The summed E-state index contributed by atoms with van der Waals surface area (Å²) in [6, 6.07) is 0. The van der Waals surface area contributed by atoms with Crippen molar-refractivity contribution in [3.63, 3.8) is 0 Å². The van der Waals surface area contributed by atoms with E-state index in [9.17, 15) is 8.78 Å². The predicted molar refractivity (Wildman–Crippen MR) is 66.0 cm³/mol. The standard InChI is InChI=1S/C12H18ClF2N3/c1-2-7-18-10(8-13)16-17-11(18)9-3-5-12(14,15)6-4-9/h9H,2-8H2,1H3. The lowest BCUT2D eigenvalue weighted by molar-refractivity contribution is -0.0390. The lowest BCUT2D eigenvalue weighted by atomic mass is 9.86. The number of alkyl halides is 3. The van der Waals surface area contributed by atoms with Crippen LogP contribution in [0, 0.1) is 0 Å². The monoisotopic (exact) mass is 277 g/mol. The van der Waals surface area contributed by atoms with Crippen LogP contribution in [0.3, 0.4) is 0 Å². The van der Waals surface area contributed by atoms with Gasteiger partial charge in [0.1, 0.15) is 11.6 Å². The first-order valence-electron chi connectivity index (χ1n) is 6.43. The average Bonchev–Trinajstić information content (AvgIpc) is 2.73. The van der Waals surface area contributed by atoms with Crippen LogP contribution >= 0.6 is 11.6 Å². The van der Waals surface area contributed by atoms with E-state index < -0.39 is 5.92 Å². The third-order valence-corrected chi connectivity index (χ3v) is 3.74. The van der Waals surface area contributed by atoms with Crippen LogP contribution < -0.4 is 0 Å². The largest absolute Gasteiger partial charge is 0.314 e. The Balaban J connectivity index is 2.16. The molecule has 1 heterocycles. The summed E-state index contributed by atoms with van der Waals surface area (Å²) in [5, 5.41) is 8.22. The number of hydrogen-bond acceptors (Lipinski definition) is 2. The first kappa shape index (κ1) is 13.7. The molecule has 0 N–H and O–H groups in total. The van der Waals surface area contributed by atoms with E-state index in [-0.39, 0.29) is 18.8 Å². The van der Waals surface area contributed by atoms with E-state index in [2.05, 4.69) is 17.1 Å². The van der Waals surface area contributed by atoms with Gasteiger partial charge in [0.05, 0.1) is 5.88 Å². The Morgan fingerprint density at radius 3 is 2.56 bits per heavy atom. The maximum atomic E-state index is 13.1. The highest BCUT2D eigenvalue weighted by Gasteiger charge is 2.37. The Labute approximate surface area is 111 Å². The highest BCUT2D eigenvalue weighted by atomic mass is 35.5. The van der Waals surface area contributed by atoms with Crippen LogP contribution in [0.25, 0.3) is 0 Å². The van der Waals surface area contributed by atoms with Crippen LogP contribution in [0.15, 0.2) is 0 Å². The van der Waals surface area contributed by atoms with Crippen LogP contribution in [0.1, 0.15) is 56.6 Å². The molecule has 0 aromatic carbocycles. The molecule has 1 aliphatic rings. The molecule has 0 unspecified atom stereocenters. The topological polar surface area (TPSA) is 30.7 Å². The maximum Gasteiger partial charge on any atom is 0.248 e. The van der Waals surface area contributed by atoms with Gasteiger partial charge in [0, 0.05) is 25.3 Å². The molecule has 1 saturated carbocycles. The van der Waals surface area contributed by atoms with Gasteiger partial charge in [-0.05, 0) is 19.3 Å². The van der Waals surface area contributed by atoms with Crippen molar-refractivity contribution in [2.24, 2.45) is 0 Å². The van der Waals surface area contributed by atoms with Crippen molar-refractivity contribution in [1.82, 2.24) is 14.8 Å². The van der Waals surface area contributed by atoms with Crippen molar-refractivity contribution >= 4 is 11.6 Å². The van der Waals surface area contributed by atoms with E-state index >= 15 is 0 Å². The smallest absolute Gasteiger partial charge is 0.248 e. The van der Waals surface area contributed by atoms with Crippen molar-refractivity contribution in [2.45, 2.75) is 63.3 Å². The molecule has 1 aromatic rings. The summed E-state index contributed by atoms with van der Waals surface area (Å²) >= 11 is 5.82. The van der Waals surface area contributed by atoms with E-state index in [0.29, 0.717) is 18.7 Å². The van der Waals surface area contributed by atoms with E-state index in [4.69, 9.17) is 11.6 Å². The Kier molecular flexibility index (Phi) is 4.20. The average molecular weight is 278 g/mol. The number of hydrogen-bond donors (Lipinski definition) is 0. The molecule has 18 heavy (non-hydrogen) atoms. The Morgan fingerprint density at radius 2 is 2.00 bits per heavy atom. The van der Waals surface area contributed by atoms with Crippen molar-refractivity contribution in [3.8, 4) is 0 Å². The molecular formula is C12H18ClF2N3. The molecule has 2 rings (SSSR count). The zero-order chi connectivity index (χ0) is 13.2. The predicted octanol–water partition coefficient (Wildman–Crippen LogP) is 3.72. The number of halogens is 3. The summed E-state index contributed by atoms with van der Waals surface area (Å²) in [5.74, 6) is -0.508. The summed E-state index contributed by atoms with van der Waals surface area (Å²) in [6.45, 7) is 2.87. The second-order valence-corrected chi connectivity index (χ2v) is 5.16. The summed E-state index contributed by atoms with van der Waals surface area (Å²) in [4.78, 5) is 0. The fourth-order valence-corrected chi connectivity index (χ4v) is 2.71. The third kappa shape index (κ3) is 2.82. The zero-order valence-corrected chi connectivity index (χ0v) is 11.3. The Bertz CT molecular complexity index is 396. The van der Waals surface area contributed by atoms with Crippen LogP contribution in [0.4, 0.5) is 8.78 Å². The van der Waals surface area contributed by atoms with Gasteiger partial charge in [-0.1, -0.05) is 6.92 Å². The highest BCUT2D eigenvalue weighted by Crippen LogP contribution is 2.40. The maximum absolute atomic E-state index is 13.1. The van der Waals surface area contributed by atoms with E-state index in [1.807, 2.05) is 4.57 Å². The normalized spacial score (nSPS) is 20.2. The van der Waals surface area contributed by atoms with Crippen LogP contribution in [-0.2, 0) is 12.4 Å². The first-order chi connectivity index (χ1) is 8.57. The first-order valence-corrected chi connectivity index (χ1v) is 6.96. The molecule has 0 aliphatic heterocycles. The van der Waals surface area contributed by atoms with Crippen molar-refractivity contribution in [2.75, 3.05) is 0 Å². The van der Waals surface area contributed by atoms with Crippen molar-refractivity contribution in [1.29, 1.82) is 0 Å². The fraction of sp³-hybridized carbons (Fsp3) is 0.833. The molecule has 1 aromatic heterocycles. The van der Waals surface area contributed by atoms with Crippen LogP contribution in [-0.4, -0.2) is 20.7 Å². The second kappa shape index (κ2) is 5.51. The second-order valence-electron chi connectivity index (χ2n) is 4.89. The van der Waals surface area contributed by atoms with E-state index in [1.165, 1.54) is 0 Å². The molecule has 0 amide bonds. The van der Waals surface area contributed by atoms with Crippen LogP contribution in [0.5, 0.6) is 0 Å². The molecule has 0 saturated heterocycles. The van der Waals surface area contributed by atoms with Crippen molar-refractivity contribution in [3.05, 3.63) is 11.6 Å². The molecule has 3 nitrogen and oxygen atoms in total. The van der Waals surface area contributed by atoms with Gasteiger partial charge in [-0.25, -0.2) is 8.78 Å².